The molecular weight excluding hydrogens is 294 g/mol. The number of carbonyl (C=O) groups excluding carboxylic acids is 1. The molecule has 1 aliphatic heterocycles. The summed E-state index contributed by atoms with van der Waals surface area (Å²) in [6.45, 7) is 2.85. The largest absolute Gasteiger partial charge is 0.378 e. The van der Waals surface area contributed by atoms with Crippen molar-refractivity contribution < 1.29 is 9.53 Å². The highest BCUT2D eigenvalue weighted by Gasteiger charge is 2.16. The van der Waals surface area contributed by atoms with Crippen molar-refractivity contribution in [1.29, 1.82) is 0 Å². The summed E-state index contributed by atoms with van der Waals surface area (Å²) in [7, 11) is 0. The lowest BCUT2D eigenvalue weighted by Gasteiger charge is -2.10. The Hall–Kier alpha value is -0.870. The fourth-order valence-electron chi connectivity index (χ4n) is 2.11. The maximum absolute atomic E-state index is 11.8. The second-order valence-corrected chi connectivity index (χ2v) is 5.54. The number of anilines is 1. The van der Waals surface area contributed by atoms with E-state index in [9.17, 15) is 4.79 Å². The SMILES string of the molecule is Cc1cc(NC(=O)CC[C@@H]2CCCO2)ccc1Br. The molecule has 1 N–H and O–H groups in total. The molecule has 4 heteroatoms. The molecular formula is C14H18BrNO2. The van der Waals surface area contributed by atoms with Crippen molar-refractivity contribution in [2.75, 3.05) is 11.9 Å². The van der Waals surface area contributed by atoms with Crippen molar-refractivity contribution in [3.63, 3.8) is 0 Å². The molecule has 1 aromatic carbocycles. The van der Waals surface area contributed by atoms with E-state index >= 15 is 0 Å². The van der Waals surface area contributed by atoms with Gasteiger partial charge in [0.15, 0.2) is 0 Å². The molecule has 0 bridgehead atoms. The van der Waals surface area contributed by atoms with Gasteiger partial charge in [0.05, 0.1) is 6.10 Å². The summed E-state index contributed by atoms with van der Waals surface area (Å²) in [4.78, 5) is 11.8. The minimum atomic E-state index is 0.0622. The predicted molar refractivity (Wildman–Crippen MR) is 75.7 cm³/mol. The third-order valence-electron chi connectivity index (χ3n) is 3.16. The first-order valence-corrected chi connectivity index (χ1v) is 7.12. The van der Waals surface area contributed by atoms with Crippen LogP contribution in [0.15, 0.2) is 22.7 Å². The zero-order valence-corrected chi connectivity index (χ0v) is 12.1. The lowest BCUT2D eigenvalue weighted by Crippen LogP contribution is -2.15. The molecule has 1 aromatic rings. The zero-order valence-electron chi connectivity index (χ0n) is 10.5. The van der Waals surface area contributed by atoms with E-state index in [0.717, 1.165) is 41.6 Å². The normalized spacial score (nSPS) is 18.9. The van der Waals surface area contributed by atoms with E-state index in [1.165, 1.54) is 0 Å². The van der Waals surface area contributed by atoms with Crippen LogP contribution in [-0.4, -0.2) is 18.6 Å². The van der Waals surface area contributed by atoms with Crippen molar-refractivity contribution in [2.45, 2.75) is 38.7 Å². The number of hydrogen-bond donors (Lipinski definition) is 1. The van der Waals surface area contributed by atoms with Crippen LogP contribution < -0.4 is 5.32 Å². The van der Waals surface area contributed by atoms with Gasteiger partial charge in [0, 0.05) is 23.2 Å². The topological polar surface area (TPSA) is 38.3 Å². The monoisotopic (exact) mass is 311 g/mol. The second kappa shape index (κ2) is 6.34. The van der Waals surface area contributed by atoms with Crippen LogP contribution in [0.3, 0.4) is 0 Å². The Balaban J connectivity index is 1.80. The molecule has 98 valence electrons. The van der Waals surface area contributed by atoms with E-state index in [0.29, 0.717) is 6.42 Å². The molecule has 1 atom stereocenters. The molecule has 0 aliphatic carbocycles. The number of hydrogen-bond acceptors (Lipinski definition) is 2. The van der Waals surface area contributed by atoms with E-state index in [4.69, 9.17) is 4.74 Å². The molecule has 0 saturated carbocycles. The van der Waals surface area contributed by atoms with E-state index in [2.05, 4.69) is 21.2 Å². The fourth-order valence-corrected chi connectivity index (χ4v) is 2.36. The van der Waals surface area contributed by atoms with E-state index < -0.39 is 0 Å². The summed E-state index contributed by atoms with van der Waals surface area (Å²) in [6.07, 6.45) is 3.84. The Bertz CT molecular complexity index is 428. The first-order valence-electron chi connectivity index (χ1n) is 6.33. The van der Waals surface area contributed by atoms with Crippen molar-refractivity contribution in [1.82, 2.24) is 0 Å². The van der Waals surface area contributed by atoms with Gasteiger partial charge in [-0.2, -0.15) is 0 Å². The van der Waals surface area contributed by atoms with Crippen LogP contribution in [0.1, 0.15) is 31.2 Å². The molecule has 1 amide bonds. The Morgan fingerprint density at radius 2 is 2.39 bits per heavy atom. The number of aryl methyl sites for hydroxylation is 1. The second-order valence-electron chi connectivity index (χ2n) is 4.69. The number of rotatable bonds is 4. The summed E-state index contributed by atoms with van der Waals surface area (Å²) >= 11 is 3.44. The van der Waals surface area contributed by atoms with Gasteiger partial charge in [0.2, 0.25) is 5.91 Å². The number of halogens is 1. The van der Waals surface area contributed by atoms with Crippen LogP contribution in [0.4, 0.5) is 5.69 Å². The van der Waals surface area contributed by atoms with Crippen molar-refractivity contribution >= 4 is 27.5 Å². The fraction of sp³-hybridized carbons (Fsp3) is 0.500. The lowest BCUT2D eigenvalue weighted by atomic mass is 10.1. The predicted octanol–water partition coefficient (Wildman–Crippen LogP) is 3.66. The van der Waals surface area contributed by atoms with E-state index in [1.807, 2.05) is 25.1 Å². The molecule has 18 heavy (non-hydrogen) atoms. The average molecular weight is 312 g/mol. The van der Waals surface area contributed by atoms with Gasteiger partial charge in [-0.3, -0.25) is 4.79 Å². The van der Waals surface area contributed by atoms with Crippen molar-refractivity contribution in [3.05, 3.63) is 28.2 Å². The van der Waals surface area contributed by atoms with Gasteiger partial charge in [-0.25, -0.2) is 0 Å². The molecule has 1 fully saturated rings. The van der Waals surface area contributed by atoms with Gasteiger partial charge in [0.25, 0.3) is 0 Å². The van der Waals surface area contributed by atoms with Gasteiger partial charge in [-0.1, -0.05) is 15.9 Å². The molecule has 0 spiro atoms. The molecule has 3 nitrogen and oxygen atoms in total. The summed E-state index contributed by atoms with van der Waals surface area (Å²) in [6, 6.07) is 5.82. The van der Waals surface area contributed by atoms with Gasteiger partial charge < -0.3 is 10.1 Å². The smallest absolute Gasteiger partial charge is 0.224 e. The van der Waals surface area contributed by atoms with Crippen LogP contribution in [0.25, 0.3) is 0 Å². The summed E-state index contributed by atoms with van der Waals surface area (Å²) in [5.74, 6) is 0.0622. The number of ether oxygens (including phenoxy) is 1. The standard InChI is InChI=1S/C14H18BrNO2/c1-10-9-11(4-6-13(10)15)16-14(17)7-5-12-3-2-8-18-12/h4,6,9,12H,2-3,5,7-8H2,1H3,(H,16,17)/t12-/m0/s1. The Kier molecular flexibility index (Phi) is 4.78. The highest BCUT2D eigenvalue weighted by molar-refractivity contribution is 9.10. The van der Waals surface area contributed by atoms with Crippen LogP contribution in [0.5, 0.6) is 0 Å². The average Bonchev–Trinajstić information content (AvgIpc) is 2.84. The Morgan fingerprint density at radius 3 is 3.06 bits per heavy atom. The highest BCUT2D eigenvalue weighted by atomic mass is 79.9. The summed E-state index contributed by atoms with van der Waals surface area (Å²) < 4.78 is 6.56. The van der Waals surface area contributed by atoms with Crippen LogP contribution in [0, 0.1) is 6.92 Å². The zero-order chi connectivity index (χ0) is 13.0. The van der Waals surface area contributed by atoms with Crippen molar-refractivity contribution in [2.24, 2.45) is 0 Å². The number of carbonyl (C=O) groups is 1. The molecule has 1 aliphatic rings. The first-order chi connectivity index (χ1) is 8.65. The highest BCUT2D eigenvalue weighted by Crippen LogP contribution is 2.21. The molecule has 1 heterocycles. The quantitative estimate of drug-likeness (QED) is 0.921. The minimum absolute atomic E-state index is 0.0622. The van der Waals surface area contributed by atoms with Gasteiger partial charge >= 0.3 is 0 Å². The minimum Gasteiger partial charge on any atom is -0.378 e. The molecule has 0 radical (unpaired) electrons. The summed E-state index contributed by atoms with van der Waals surface area (Å²) in [5, 5.41) is 2.92. The third kappa shape index (κ3) is 3.82. The Morgan fingerprint density at radius 1 is 1.56 bits per heavy atom. The van der Waals surface area contributed by atoms with Gasteiger partial charge in [0.1, 0.15) is 0 Å². The summed E-state index contributed by atoms with van der Waals surface area (Å²) in [5.41, 5.74) is 1.97. The van der Waals surface area contributed by atoms with Crippen LogP contribution in [0.2, 0.25) is 0 Å². The van der Waals surface area contributed by atoms with Gasteiger partial charge in [-0.15, -0.1) is 0 Å². The maximum Gasteiger partial charge on any atom is 0.224 e. The molecule has 1 saturated heterocycles. The molecule has 2 rings (SSSR count). The van der Waals surface area contributed by atoms with Gasteiger partial charge in [-0.05, 0) is 49.9 Å². The first kappa shape index (κ1) is 13.6. The van der Waals surface area contributed by atoms with Crippen LogP contribution in [-0.2, 0) is 9.53 Å². The van der Waals surface area contributed by atoms with Crippen LogP contribution >= 0.6 is 15.9 Å². The number of benzene rings is 1. The molecule has 0 aromatic heterocycles. The number of amides is 1. The number of nitrogens with one attached hydrogen (secondary N) is 1. The van der Waals surface area contributed by atoms with E-state index in [1.54, 1.807) is 0 Å². The van der Waals surface area contributed by atoms with Crippen molar-refractivity contribution in [3.8, 4) is 0 Å². The molecule has 0 unspecified atom stereocenters. The Labute approximate surface area is 116 Å². The lowest BCUT2D eigenvalue weighted by molar-refractivity contribution is -0.116. The van der Waals surface area contributed by atoms with E-state index in [-0.39, 0.29) is 12.0 Å². The third-order valence-corrected chi connectivity index (χ3v) is 4.05. The maximum atomic E-state index is 11.8.